The number of benzene rings is 7. The molecule has 0 N–H and O–H groups in total. The van der Waals surface area contributed by atoms with Gasteiger partial charge in [-0.15, -0.1) is 11.3 Å². The number of fused-ring (bicyclic) bond motifs is 6. The molecule has 7 aromatic carbocycles. The van der Waals surface area contributed by atoms with Crippen LogP contribution in [0.1, 0.15) is 0 Å². The van der Waals surface area contributed by atoms with Gasteiger partial charge < -0.3 is 4.42 Å². The summed E-state index contributed by atoms with van der Waals surface area (Å²) >= 11 is 1.71. The summed E-state index contributed by atoms with van der Waals surface area (Å²) in [4.78, 5) is 15.1. The first kappa shape index (κ1) is 30.0. The Hall–Kier alpha value is -6.87. The number of nitrogens with zero attached hydrogens (tertiary/aromatic N) is 3. The minimum absolute atomic E-state index is 0.603. The van der Waals surface area contributed by atoms with Gasteiger partial charge in [0, 0.05) is 42.9 Å². The van der Waals surface area contributed by atoms with Crippen molar-refractivity contribution in [3.8, 4) is 56.0 Å². The SMILES string of the molecule is [C-]#[N+]c1ccc2oc3c(-c4cccc(-c5cccc(-c6nc(-c7cccc(-c8ccccc8)c7)c7c(n6)sc6ccccc67)c5)c4)cccc3c2c1. The lowest BCUT2D eigenvalue weighted by Crippen LogP contribution is -1.94. The maximum atomic E-state index is 7.47. The third-order valence-corrected chi connectivity index (χ3v) is 10.8. The number of furan rings is 1. The molecular weight excluding hydrogens is 655 g/mol. The standard InChI is InChI=1S/C47H27N3OS/c1-48-36-23-24-41-40(28-36)38-21-10-20-37(45(38)51-41)33-16-7-14-31(25-33)32-15-9-18-35(27-32)46-49-44(43-39-19-5-6-22-42(39)52-47(43)50-46)34-17-8-13-30(26-34)29-11-3-2-4-12-29/h2-28H. The van der Waals surface area contributed by atoms with Crippen LogP contribution in [0.25, 0.3) is 103 Å². The minimum Gasteiger partial charge on any atom is -0.456 e. The fourth-order valence-corrected chi connectivity index (χ4v) is 8.30. The Balaban J connectivity index is 1.09. The predicted octanol–water partition coefficient (Wildman–Crippen LogP) is 13.6. The molecule has 0 spiro atoms. The number of aromatic nitrogens is 2. The molecule has 3 heterocycles. The number of hydrogen-bond donors (Lipinski definition) is 0. The summed E-state index contributed by atoms with van der Waals surface area (Å²) in [5.74, 6) is 0.697. The zero-order valence-corrected chi connectivity index (χ0v) is 28.6. The maximum Gasteiger partial charge on any atom is 0.188 e. The average molecular weight is 682 g/mol. The average Bonchev–Trinajstić information content (AvgIpc) is 3.79. The second-order valence-electron chi connectivity index (χ2n) is 12.9. The molecule has 52 heavy (non-hydrogen) atoms. The van der Waals surface area contributed by atoms with Gasteiger partial charge in [-0.2, -0.15) is 0 Å². The molecule has 0 aliphatic carbocycles. The van der Waals surface area contributed by atoms with E-state index in [9.17, 15) is 0 Å². The van der Waals surface area contributed by atoms with E-state index in [1.807, 2.05) is 18.2 Å². The lowest BCUT2D eigenvalue weighted by atomic mass is 9.96. The van der Waals surface area contributed by atoms with Crippen LogP contribution in [0.3, 0.4) is 0 Å². The van der Waals surface area contributed by atoms with Crippen molar-refractivity contribution in [2.45, 2.75) is 0 Å². The van der Waals surface area contributed by atoms with Gasteiger partial charge in [-0.05, 0) is 64.2 Å². The highest BCUT2D eigenvalue weighted by molar-refractivity contribution is 7.25. The Kier molecular flexibility index (Phi) is 7.02. The van der Waals surface area contributed by atoms with Gasteiger partial charge in [0.15, 0.2) is 11.5 Å². The van der Waals surface area contributed by atoms with Crippen LogP contribution < -0.4 is 0 Å². The van der Waals surface area contributed by atoms with E-state index in [-0.39, 0.29) is 0 Å². The van der Waals surface area contributed by atoms with Gasteiger partial charge in [-0.3, -0.25) is 0 Å². The summed E-state index contributed by atoms with van der Waals surface area (Å²) in [5, 5.41) is 4.22. The van der Waals surface area contributed by atoms with E-state index in [0.29, 0.717) is 11.5 Å². The van der Waals surface area contributed by atoms with Gasteiger partial charge in [0.05, 0.1) is 12.3 Å². The van der Waals surface area contributed by atoms with Crippen LogP contribution in [-0.4, -0.2) is 9.97 Å². The predicted molar refractivity (Wildman–Crippen MR) is 216 cm³/mol. The van der Waals surface area contributed by atoms with Gasteiger partial charge in [-0.1, -0.05) is 127 Å². The number of thiophene rings is 1. The monoisotopic (exact) mass is 681 g/mol. The van der Waals surface area contributed by atoms with Crippen LogP contribution in [0.4, 0.5) is 5.69 Å². The van der Waals surface area contributed by atoms with Crippen LogP contribution in [-0.2, 0) is 0 Å². The van der Waals surface area contributed by atoms with Crippen molar-refractivity contribution in [2.75, 3.05) is 0 Å². The van der Waals surface area contributed by atoms with E-state index in [2.05, 4.69) is 144 Å². The Labute approximate surface area is 303 Å². The van der Waals surface area contributed by atoms with Crippen LogP contribution in [0.5, 0.6) is 0 Å². The topological polar surface area (TPSA) is 43.3 Å². The molecule has 5 heteroatoms. The highest BCUT2D eigenvalue weighted by Gasteiger charge is 2.18. The van der Waals surface area contributed by atoms with Crippen LogP contribution in [0.2, 0.25) is 0 Å². The molecule has 0 radical (unpaired) electrons. The van der Waals surface area contributed by atoms with Gasteiger partial charge in [-0.25, -0.2) is 14.8 Å². The van der Waals surface area contributed by atoms with Crippen molar-refractivity contribution in [3.63, 3.8) is 0 Å². The van der Waals surface area contributed by atoms with E-state index in [1.54, 1.807) is 17.4 Å². The molecule has 0 fully saturated rings. The number of para-hydroxylation sites is 1. The van der Waals surface area contributed by atoms with E-state index in [1.165, 1.54) is 15.6 Å². The summed E-state index contributed by atoms with van der Waals surface area (Å²) in [5.41, 5.74) is 11.7. The molecule has 3 aromatic heterocycles. The molecule has 0 amide bonds. The molecule has 0 saturated carbocycles. The molecule has 4 nitrogen and oxygen atoms in total. The van der Waals surface area contributed by atoms with E-state index < -0.39 is 0 Å². The molecule has 0 aliphatic heterocycles. The van der Waals surface area contributed by atoms with E-state index in [0.717, 1.165) is 76.8 Å². The highest BCUT2D eigenvalue weighted by atomic mass is 32.1. The first-order valence-corrected chi connectivity index (χ1v) is 17.9. The first-order valence-electron chi connectivity index (χ1n) is 17.1. The Bertz CT molecular complexity index is 3040. The van der Waals surface area contributed by atoms with Crippen LogP contribution in [0.15, 0.2) is 168 Å². The molecule has 10 aromatic rings. The lowest BCUT2D eigenvalue weighted by Gasteiger charge is -2.11. The smallest absolute Gasteiger partial charge is 0.188 e. The fraction of sp³-hybridized carbons (Fsp3) is 0. The van der Waals surface area contributed by atoms with Gasteiger partial charge in [0.1, 0.15) is 16.0 Å². The first-order chi connectivity index (χ1) is 25.7. The molecule has 0 bridgehead atoms. The second kappa shape index (κ2) is 12.2. The summed E-state index contributed by atoms with van der Waals surface area (Å²) in [6.45, 7) is 7.47. The highest BCUT2D eigenvalue weighted by Crippen LogP contribution is 2.41. The van der Waals surface area contributed by atoms with Crippen LogP contribution >= 0.6 is 11.3 Å². The minimum atomic E-state index is 0.603. The molecule has 0 saturated heterocycles. The van der Waals surface area contributed by atoms with Crippen molar-refractivity contribution in [2.24, 2.45) is 0 Å². The van der Waals surface area contributed by atoms with Gasteiger partial charge in [0.25, 0.3) is 0 Å². The molecule has 10 rings (SSSR count). The molecule has 0 atom stereocenters. The van der Waals surface area contributed by atoms with E-state index >= 15 is 0 Å². The van der Waals surface area contributed by atoms with Crippen LogP contribution in [0, 0.1) is 6.57 Å². The summed E-state index contributed by atoms with van der Waals surface area (Å²) in [7, 11) is 0. The van der Waals surface area contributed by atoms with Crippen molar-refractivity contribution in [1.29, 1.82) is 0 Å². The number of hydrogen-bond acceptors (Lipinski definition) is 4. The van der Waals surface area contributed by atoms with Crippen molar-refractivity contribution in [3.05, 3.63) is 175 Å². The molecule has 242 valence electrons. The molecule has 0 unspecified atom stereocenters. The quantitative estimate of drug-likeness (QED) is 0.170. The summed E-state index contributed by atoms with van der Waals surface area (Å²) in [6.07, 6.45) is 0. The zero-order chi connectivity index (χ0) is 34.6. The summed E-state index contributed by atoms with van der Waals surface area (Å²) < 4.78 is 7.57. The number of rotatable bonds is 5. The third kappa shape index (κ3) is 5.05. The fourth-order valence-electron chi connectivity index (χ4n) is 7.23. The summed E-state index contributed by atoms with van der Waals surface area (Å²) in [6, 6.07) is 56.5. The van der Waals surface area contributed by atoms with Gasteiger partial charge in [0.2, 0.25) is 0 Å². The Morgan fingerprint density at radius 2 is 1.13 bits per heavy atom. The zero-order valence-electron chi connectivity index (χ0n) is 27.7. The maximum absolute atomic E-state index is 7.47. The normalized spacial score (nSPS) is 11.4. The van der Waals surface area contributed by atoms with Crippen molar-refractivity contribution < 1.29 is 4.42 Å². The van der Waals surface area contributed by atoms with Crippen molar-refractivity contribution in [1.82, 2.24) is 9.97 Å². The lowest BCUT2D eigenvalue weighted by molar-refractivity contribution is 0.670. The van der Waals surface area contributed by atoms with E-state index in [4.69, 9.17) is 21.0 Å². The van der Waals surface area contributed by atoms with Gasteiger partial charge >= 0.3 is 0 Å². The largest absolute Gasteiger partial charge is 0.456 e. The molecular formula is C47H27N3OS. The third-order valence-electron chi connectivity index (χ3n) is 9.72. The van der Waals surface area contributed by atoms with Crippen molar-refractivity contribution >= 4 is 59.3 Å². The second-order valence-corrected chi connectivity index (χ2v) is 13.9. The Morgan fingerprint density at radius 3 is 1.96 bits per heavy atom. The molecule has 0 aliphatic rings. The Morgan fingerprint density at radius 1 is 0.500 bits per heavy atom.